The second-order valence-electron chi connectivity index (χ2n) is 3.56. The largest absolute Gasteiger partial charge is 0.198 e. The zero-order chi connectivity index (χ0) is 12.9. The molecule has 0 fully saturated rings. The average Bonchev–Trinajstić information content (AvgIpc) is 2.26. The third-order valence-electron chi connectivity index (χ3n) is 1.44. The number of nitrogens with zero attached hydrogens (tertiary/aromatic N) is 4. The van der Waals surface area contributed by atoms with Gasteiger partial charge in [-0.3, -0.25) is 0 Å². The average molecular weight is 214 g/mol. The first-order chi connectivity index (χ1) is 7.54. The van der Waals surface area contributed by atoms with Crippen LogP contribution in [0.2, 0.25) is 0 Å². The van der Waals surface area contributed by atoms with Crippen LogP contribution < -0.4 is 0 Å². The van der Waals surface area contributed by atoms with Crippen molar-refractivity contribution in [2.75, 3.05) is 0 Å². The number of allylic oxidation sites excluding steroid dienone is 2. The quantitative estimate of drug-likeness (QED) is 0.533. The Balaban J connectivity index is 0. The second kappa shape index (κ2) is 10.8. The number of nitriles is 4. The van der Waals surface area contributed by atoms with Crippen molar-refractivity contribution in [3.05, 3.63) is 12.2 Å². The molecule has 0 bridgehead atoms. The van der Waals surface area contributed by atoms with Crippen LogP contribution in [0.25, 0.3) is 0 Å². The summed E-state index contributed by atoms with van der Waals surface area (Å²) in [6.45, 7) is 3.49. The van der Waals surface area contributed by atoms with Gasteiger partial charge in [-0.05, 0) is 20.3 Å². The molecule has 82 valence electrons. The Kier molecular flexibility index (Phi) is 10.9. The summed E-state index contributed by atoms with van der Waals surface area (Å²) in [4.78, 5) is 0. The van der Waals surface area contributed by atoms with E-state index in [9.17, 15) is 0 Å². The Labute approximate surface area is 96.6 Å². The number of rotatable bonds is 3. The smallest absolute Gasteiger partial charge is 0.0908 e. The third kappa shape index (κ3) is 14.2. The fraction of sp³-hybridized carbons (Fsp3) is 0.500. The van der Waals surface area contributed by atoms with E-state index in [1.54, 1.807) is 19.9 Å². The summed E-state index contributed by atoms with van der Waals surface area (Å²) in [5.74, 6) is 0. The van der Waals surface area contributed by atoms with Gasteiger partial charge >= 0.3 is 0 Å². The molecular weight excluding hydrogens is 200 g/mol. The minimum atomic E-state index is -0.464. The Hall–Kier alpha value is -2.30. The molecule has 0 radical (unpaired) electrons. The van der Waals surface area contributed by atoms with E-state index in [0.29, 0.717) is 19.3 Å². The van der Waals surface area contributed by atoms with E-state index in [1.165, 1.54) is 6.08 Å². The van der Waals surface area contributed by atoms with E-state index in [2.05, 4.69) is 0 Å². The molecule has 0 aromatic rings. The molecule has 0 aliphatic rings. The molecule has 16 heavy (non-hydrogen) atoms. The Bertz CT molecular complexity index is 366. The van der Waals surface area contributed by atoms with Gasteiger partial charge in [-0.2, -0.15) is 21.0 Å². The molecule has 0 rings (SSSR count). The van der Waals surface area contributed by atoms with Crippen molar-refractivity contribution in [3.63, 3.8) is 0 Å². The molecule has 0 amide bonds. The highest BCUT2D eigenvalue weighted by atomic mass is 14.3. The molecule has 0 heterocycles. The maximum atomic E-state index is 8.32. The first-order valence-electron chi connectivity index (χ1n) is 4.74. The van der Waals surface area contributed by atoms with Crippen LogP contribution in [0.3, 0.4) is 0 Å². The molecule has 4 heteroatoms. The molecule has 0 saturated carbocycles. The topological polar surface area (TPSA) is 95.2 Å². The lowest BCUT2D eigenvalue weighted by Gasteiger charge is -2.06. The molecule has 0 N–H and O–H groups in total. The number of unbranched alkanes of at least 4 members (excludes halogenated alkanes) is 1. The van der Waals surface area contributed by atoms with E-state index >= 15 is 0 Å². The van der Waals surface area contributed by atoms with Crippen molar-refractivity contribution in [1.29, 1.82) is 21.0 Å². The van der Waals surface area contributed by atoms with Gasteiger partial charge in [-0.1, -0.05) is 6.08 Å². The van der Waals surface area contributed by atoms with E-state index in [0.717, 1.165) is 0 Å². The predicted molar refractivity (Wildman–Crippen MR) is 59.2 cm³/mol. The van der Waals surface area contributed by atoms with Crippen molar-refractivity contribution in [2.45, 2.75) is 33.1 Å². The van der Waals surface area contributed by atoms with E-state index in [1.807, 2.05) is 24.3 Å². The van der Waals surface area contributed by atoms with E-state index in [-0.39, 0.29) is 0 Å². The zero-order valence-corrected chi connectivity index (χ0v) is 9.56. The fourth-order valence-electron chi connectivity index (χ4n) is 0.521. The molecule has 0 aromatic heterocycles. The third-order valence-corrected chi connectivity index (χ3v) is 1.44. The summed E-state index contributed by atoms with van der Waals surface area (Å²) in [5, 5.41) is 32.4. The number of hydrogen-bond donors (Lipinski definition) is 0. The first kappa shape index (κ1) is 16.1. The lowest BCUT2D eigenvalue weighted by Crippen LogP contribution is -2.04. The van der Waals surface area contributed by atoms with Gasteiger partial charge in [-0.15, -0.1) is 0 Å². The van der Waals surface area contributed by atoms with Crippen LogP contribution in [0.1, 0.15) is 33.1 Å². The summed E-state index contributed by atoms with van der Waals surface area (Å²) in [6, 6.07) is 7.76. The van der Waals surface area contributed by atoms with Crippen LogP contribution in [0, 0.1) is 50.7 Å². The SMILES string of the molecule is CC(C)(C#N)CC#N.N#CC=CCCC#N. The molecule has 0 atom stereocenters. The highest BCUT2D eigenvalue weighted by Crippen LogP contribution is 2.16. The molecule has 0 unspecified atom stereocenters. The summed E-state index contributed by atoms with van der Waals surface area (Å²) < 4.78 is 0. The van der Waals surface area contributed by atoms with Crippen molar-refractivity contribution >= 4 is 0 Å². The van der Waals surface area contributed by atoms with Crippen molar-refractivity contribution in [3.8, 4) is 24.3 Å². The van der Waals surface area contributed by atoms with Crippen molar-refractivity contribution < 1.29 is 0 Å². The fourth-order valence-corrected chi connectivity index (χ4v) is 0.521. The van der Waals surface area contributed by atoms with Crippen molar-refractivity contribution in [1.82, 2.24) is 0 Å². The van der Waals surface area contributed by atoms with Crippen LogP contribution in [0.5, 0.6) is 0 Å². The lowest BCUT2D eigenvalue weighted by atomic mass is 9.93. The van der Waals surface area contributed by atoms with Gasteiger partial charge in [0.05, 0.1) is 36.1 Å². The van der Waals surface area contributed by atoms with Crippen LogP contribution in [0.4, 0.5) is 0 Å². The maximum Gasteiger partial charge on any atom is 0.0908 e. The maximum absolute atomic E-state index is 8.32. The molecule has 0 aliphatic heterocycles. The monoisotopic (exact) mass is 214 g/mol. The molecule has 0 aliphatic carbocycles. The van der Waals surface area contributed by atoms with Gasteiger partial charge in [0.1, 0.15) is 0 Å². The van der Waals surface area contributed by atoms with Crippen molar-refractivity contribution in [2.24, 2.45) is 5.41 Å². The highest BCUT2D eigenvalue weighted by Gasteiger charge is 2.14. The Morgan fingerprint density at radius 1 is 1.06 bits per heavy atom. The van der Waals surface area contributed by atoms with E-state index < -0.39 is 5.41 Å². The van der Waals surface area contributed by atoms with Gasteiger partial charge in [0.15, 0.2) is 0 Å². The van der Waals surface area contributed by atoms with E-state index in [4.69, 9.17) is 21.0 Å². The van der Waals surface area contributed by atoms with Crippen LogP contribution in [-0.2, 0) is 0 Å². The minimum absolute atomic E-state index is 0.309. The lowest BCUT2D eigenvalue weighted by molar-refractivity contribution is 0.511. The summed E-state index contributed by atoms with van der Waals surface area (Å²) >= 11 is 0. The molecule has 4 nitrogen and oxygen atoms in total. The van der Waals surface area contributed by atoms with Crippen LogP contribution in [-0.4, -0.2) is 0 Å². The first-order valence-corrected chi connectivity index (χ1v) is 4.74. The minimum Gasteiger partial charge on any atom is -0.198 e. The zero-order valence-electron chi connectivity index (χ0n) is 9.56. The summed E-state index contributed by atoms with van der Waals surface area (Å²) in [6.07, 6.45) is 4.56. The predicted octanol–water partition coefficient (Wildman–Crippen LogP) is 2.82. The Morgan fingerprint density at radius 3 is 2.00 bits per heavy atom. The number of hydrogen-bond acceptors (Lipinski definition) is 4. The molecule has 0 aromatic carbocycles. The molecular formula is C12H14N4. The normalized spacial score (nSPS) is 8.88. The Morgan fingerprint density at radius 2 is 1.69 bits per heavy atom. The van der Waals surface area contributed by atoms with Crippen LogP contribution >= 0.6 is 0 Å². The van der Waals surface area contributed by atoms with Crippen LogP contribution in [0.15, 0.2) is 12.2 Å². The van der Waals surface area contributed by atoms with Gasteiger partial charge in [0.25, 0.3) is 0 Å². The van der Waals surface area contributed by atoms with Gasteiger partial charge in [0.2, 0.25) is 0 Å². The standard InChI is InChI=1S/C6H8N2.C6H6N2/c1-6(2,5-8)3-4-7;7-5-3-1-2-4-6-8/h3H2,1-2H3;1,3H,2,4H2. The van der Waals surface area contributed by atoms with Gasteiger partial charge in [0, 0.05) is 12.5 Å². The second-order valence-corrected chi connectivity index (χ2v) is 3.56. The summed E-state index contributed by atoms with van der Waals surface area (Å²) in [5.41, 5.74) is -0.464. The summed E-state index contributed by atoms with van der Waals surface area (Å²) in [7, 11) is 0. The molecule has 0 spiro atoms. The highest BCUT2D eigenvalue weighted by molar-refractivity contribution is 5.02. The van der Waals surface area contributed by atoms with Gasteiger partial charge in [-0.25, -0.2) is 0 Å². The molecule has 0 saturated heterocycles. The van der Waals surface area contributed by atoms with Gasteiger partial charge < -0.3 is 0 Å².